The summed E-state index contributed by atoms with van der Waals surface area (Å²) in [5.74, 6) is -2.20. The molecule has 0 amide bonds. The molecule has 0 fully saturated rings. The summed E-state index contributed by atoms with van der Waals surface area (Å²) in [6.07, 6.45) is 20.8. The number of carbonyl (C=O) groups is 2. The van der Waals surface area contributed by atoms with Crippen molar-refractivity contribution in [3.63, 3.8) is 0 Å². The predicted molar refractivity (Wildman–Crippen MR) is 120 cm³/mol. The van der Waals surface area contributed by atoms with Crippen LogP contribution in [-0.4, -0.2) is 34.7 Å². The Kier molecular flexibility index (Phi) is 17.1. The molecule has 0 aromatic heterocycles. The maximum atomic E-state index is 11.3. The Morgan fingerprint density at radius 2 is 1.03 bits per heavy atom. The molecular formula is C24H47NO4. The molecule has 0 aromatic carbocycles. The molecule has 0 aromatic rings. The number of rotatable bonds is 21. The molecule has 0 saturated heterocycles. The highest BCUT2D eigenvalue weighted by atomic mass is 16.4. The maximum absolute atomic E-state index is 11.3. The smallest absolute Gasteiger partial charge is 0.321 e. The van der Waals surface area contributed by atoms with Crippen LogP contribution in [0.3, 0.4) is 0 Å². The van der Waals surface area contributed by atoms with Crippen LogP contribution in [0, 0.1) is 5.41 Å². The zero-order valence-electron chi connectivity index (χ0n) is 19.3. The van der Waals surface area contributed by atoms with Crippen LogP contribution in [0.5, 0.6) is 0 Å². The summed E-state index contributed by atoms with van der Waals surface area (Å²) in [6.45, 7) is 5.72. The number of nitrogens with one attached hydrogen (secondary N) is 1. The Bertz CT molecular complexity index is 423. The minimum absolute atomic E-state index is 0.548. The van der Waals surface area contributed by atoms with E-state index in [1.165, 1.54) is 104 Å². The van der Waals surface area contributed by atoms with Gasteiger partial charge in [0, 0.05) is 0 Å². The van der Waals surface area contributed by atoms with Gasteiger partial charge in [0.2, 0.25) is 0 Å². The molecule has 0 aliphatic heterocycles. The molecule has 5 heteroatoms. The van der Waals surface area contributed by atoms with Gasteiger partial charge in [0.25, 0.3) is 0 Å². The van der Waals surface area contributed by atoms with Crippen LogP contribution in [0.2, 0.25) is 0 Å². The van der Waals surface area contributed by atoms with Crippen molar-refractivity contribution < 1.29 is 19.8 Å². The zero-order chi connectivity index (χ0) is 22.0. The van der Waals surface area contributed by atoms with Crippen LogP contribution in [0.1, 0.15) is 124 Å². The van der Waals surface area contributed by atoms with Gasteiger partial charge in [-0.1, -0.05) is 103 Å². The first kappa shape index (κ1) is 27.9. The highest BCUT2D eigenvalue weighted by Gasteiger charge is 2.41. The van der Waals surface area contributed by atoms with E-state index < -0.39 is 23.4 Å². The summed E-state index contributed by atoms with van der Waals surface area (Å²) in [5, 5.41) is 21.4. The Morgan fingerprint density at radius 3 is 1.34 bits per heavy atom. The van der Waals surface area contributed by atoms with Crippen LogP contribution in [0.4, 0.5) is 0 Å². The fourth-order valence-corrected chi connectivity index (χ4v) is 3.69. The fraction of sp³-hybridized carbons (Fsp3) is 0.917. The van der Waals surface area contributed by atoms with Crippen LogP contribution >= 0.6 is 0 Å². The third-order valence-electron chi connectivity index (χ3n) is 5.90. The van der Waals surface area contributed by atoms with Crippen molar-refractivity contribution in [3.05, 3.63) is 0 Å². The van der Waals surface area contributed by atoms with Crippen LogP contribution in [0.15, 0.2) is 0 Å². The second kappa shape index (κ2) is 17.7. The van der Waals surface area contributed by atoms with Crippen molar-refractivity contribution in [3.8, 4) is 0 Å². The maximum Gasteiger partial charge on any atom is 0.321 e. The van der Waals surface area contributed by atoms with Crippen LogP contribution in [-0.2, 0) is 9.59 Å². The molecule has 1 atom stereocenters. The summed E-state index contributed by atoms with van der Waals surface area (Å²) in [6, 6.07) is -1.06. The molecule has 5 nitrogen and oxygen atoms in total. The van der Waals surface area contributed by atoms with Gasteiger partial charge in [-0.2, -0.15) is 0 Å². The molecule has 3 N–H and O–H groups in total. The average molecular weight is 414 g/mol. The molecular weight excluding hydrogens is 366 g/mol. The zero-order valence-corrected chi connectivity index (χ0v) is 19.3. The molecule has 0 unspecified atom stereocenters. The van der Waals surface area contributed by atoms with Gasteiger partial charge in [-0.25, -0.2) is 0 Å². The van der Waals surface area contributed by atoms with Crippen molar-refractivity contribution >= 4 is 11.9 Å². The minimum atomic E-state index is -1.32. The van der Waals surface area contributed by atoms with Gasteiger partial charge in [0.15, 0.2) is 0 Å². The number of carboxylic acid groups (broad SMARTS) is 2. The van der Waals surface area contributed by atoms with E-state index in [4.69, 9.17) is 0 Å². The molecule has 0 heterocycles. The predicted octanol–water partition coefficient (Wildman–Crippen LogP) is 6.40. The summed E-state index contributed by atoms with van der Waals surface area (Å²) in [7, 11) is 0. The lowest BCUT2D eigenvalue weighted by atomic mass is 9.84. The standard InChI is InChI=1S/C24H47NO4/c1-4-5-6-7-8-9-10-11-12-13-14-15-16-17-18-19-20-25-21(22(26)27)24(2,3)23(28)29/h21,25H,4-20H2,1-3H3,(H,26,27)(H,28,29)/t21-/m1/s1. The first-order valence-corrected chi connectivity index (χ1v) is 12.0. The number of aliphatic carboxylic acids is 2. The van der Waals surface area contributed by atoms with Gasteiger partial charge in [0.05, 0.1) is 5.41 Å². The monoisotopic (exact) mass is 413 g/mol. The largest absolute Gasteiger partial charge is 0.481 e. The molecule has 0 radical (unpaired) electrons. The van der Waals surface area contributed by atoms with Crippen molar-refractivity contribution in [1.29, 1.82) is 0 Å². The lowest BCUT2D eigenvalue weighted by Gasteiger charge is -2.27. The number of carboxylic acids is 2. The Hall–Kier alpha value is -1.10. The molecule has 172 valence electrons. The number of hydrogen-bond acceptors (Lipinski definition) is 3. The quantitative estimate of drug-likeness (QED) is 0.189. The third-order valence-corrected chi connectivity index (χ3v) is 5.90. The molecule has 0 spiro atoms. The lowest BCUT2D eigenvalue weighted by Crippen LogP contribution is -2.51. The Morgan fingerprint density at radius 1 is 0.690 bits per heavy atom. The van der Waals surface area contributed by atoms with E-state index in [1.54, 1.807) is 0 Å². The van der Waals surface area contributed by atoms with Crippen molar-refractivity contribution in [2.45, 2.75) is 130 Å². The van der Waals surface area contributed by atoms with Gasteiger partial charge < -0.3 is 15.5 Å². The third kappa shape index (κ3) is 14.5. The molecule has 0 rings (SSSR count). The van der Waals surface area contributed by atoms with E-state index >= 15 is 0 Å². The van der Waals surface area contributed by atoms with Crippen LogP contribution < -0.4 is 5.32 Å². The van der Waals surface area contributed by atoms with Gasteiger partial charge in [-0.3, -0.25) is 9.59 Å². The van der Waals surface area contributed by atoms with E-state index in [1.807, 2.05) is 0 Å². The van der Waals surface area contributed by atoms with Crippen molar-refractivity contribution in [2.24, 2.45) is 5.41 Å². The van der Waals surface area contributed by atoms with E-state index in [0.29, 0.717) is 6.54 Å². The van der Waals surface area contributed by atoms with E-state index in [2.05, 4.69) is 12.2 Å². The summed E-state index contributed by atoms with van der Waals surface area (Å²) in [4.78, 5) is 22.6. The number of hydrogen-bond donors (Lipinski definition) is 3. The molecule has 0 saturated carbocycles. The van der Waals surface area contributed by atoms with Gasteiger partial charge >= 0.3 is 11.9 Å². The highest BCUT2D eigenvalue weighted by Crippen LogP contribution is 2.21. The van der Waals surface area contributed by atoms with E-state index in [0.717, 1.165) is 12.8 Å². The lowest BCUT2D eigenvalue weighted by molar-refractivity contribution is -0.156. The van der Waals surface area contributed by atoms with Crippen LogP contribution in [0.25, 0.3) is 0 Å². The van der Waals surface area contributed by atoms with Crippen molar-refractivity contribution in [1.82, 2.24) is 5.32 Å². The minimum Gasteiger partial charge on any atom is -0.481 e. The van der Waals surface area contributed by atoms with Gasteiger partial charge in [0.1, 0.15) is 6.04 Å². The molecule has 0 aliphatic carbocycles. The highest BCUT2D eigenvalue weighted by molar-refractivity contribution is 5.85. The van der Waals surface area contributed by atoms with Crippen molar-refractivity contribution in [2.75, 3.05) is 6.54 Å². The van der Waals surface area contributed by atoms with E-state index in [-0.39, 0.29) is 0 Å². The average Bonchev–Trinajstić information content (AvgIpc) is 2.66. The first-order valence-electron chi connectivity index (χ1n) is 12.0. The van der Waals surface area contributed by atoms with Gasteiger partial charge in [-0.15, -0.1) is 0 Å². The fourth-order valence-electron chi connectivity index (χ4n) is 3.69. The molecule has 0 bridgehead atoms. The normalized spacial score (nSPS) is 12.8. The molecule has 0 aliphatic rings. The second-order valence-corrected chi connectivity index (χ2v) is 9.06. The SMILES string of the molecule is CCCCCCCCCCCCCCCCCCN[C@H](C(=O)O)C(C)(C)C(=O)O. The molecule has 29 heavy (non-hydrogen) atoms. The number of unbranched alkanes of at least 4 members (excludes halogenated alkanes) is 15. The summed E-state index contributed by atoms with van der Waals surface area (Å²) >= 11 is 0. The summed E-state index contributed by atoms with van der Waals surface area (Å²) < 4.78 is 0. The van der Waals surface area contributed by atoms with E-state index in [9.17, 15) is 19.8 Å². The first-order chi connectivity index (χ1) is 13.8. The Labute approximate surface area is 179 Å². The Balaban J connectivity index is 3.47. The topological polar surface area (TPSA) is 86.6 Å². The van der Waals surface area contributed by atoms with Gasteiger partial charge in [-0.05, 0) is 26.8 Å². The second-order valence-electron chi connectivity index (χ2n) is 9.06. The summed E-state index contributed by atoms with van der Waals surface area (Å²) in [5.41, 5.74) is -1.32.